The summed E-state index contributed by atoms with van der Waals surface area (Å²) in [6, 6.07) is 8.31. The molecule has 24 heavy (non-hydrogen) atoms. The Balaban J connectivity index is 1.69. The molecule has 1 aliphatic rings. The summed E-state index contributed by atoms with van der Waals surface area (Å²) in [5.74, 6) is 2.86. The third-order valence-corrected chi connectivity index (χ3v) is 4.85. The molecule has 0 radical (unpaired) electrons. The zero-order chi connectivity index (χ0) is 17.4. The van der Waals surface area contributed by atoms with Crippen molar-refractivity contribution in [2.75, 3.05) is 13.2 Å². The van der Waals surface area contributed by atoms with Crippen molar-refractivity contribution in [3.8, 4) is 5.75 Å². The van der Waals surface area contributed by atoms with Gasteiger partial charge in [-0.25, -0.2) is 0 Å². The van der Waals surface area contributed by atoms with Gasteiger partial charge in [0.25, 0.3) is 0 Å². The van der Waals surface area contributed by atoms with E-state index in [9.17, 15) is 4.79 Å². The second-order valence-electron chi connectivity index (χ2n) is 7.46. The quantitative estimate of drug-likeness (QED) is 0.625. The van der Waals surface area contributed by atoms with Crippen LogP contribution in [0.15, 0.2) is 24.3 Å². The average Bonchev–Trinajstić information content (AvgIpc) is 3.41. The van der Waals surface area contributed by atoms with Crippen LogP contribution in [0.1, 0.15) is 70.8 Å². The normalized spacial score (nSPS) is 16.5. The number of nitrogens with one attached hydrogen (secondary N) is 1. The van der Waals surface area contributed by atoms with Crippen molar-refractivity contribution in [2.24, 2.45) is 11.8 Å². The molecule has 0 heterocycles. The minimum Gasteiger partial charge on any atom is -0.493 e. The van der Waals surface area contributed by atoms with Crippen molar-refractivity contribution in [3.63, 3.8) is 0 Å². The maximum Gasteiger partial charge on any atom is 0.220 e. The Kier molecular flexibility index (Phi) is 7.61. The van der Waals surface area contributed by atoms with Gasteiger partial charge in [-0.1, -0.05) is 52.2 Å². The summed E-state index contributed by atoms with van der Waals surface area (Å²) in [5, 5.41) is 3.06. The number of amides is 1. The van der Waals surface area contributed by atoms with E-state index in [1.165, 1.54) is 31.2 Å². The standard InChI is InChI=1S/C21H33NO2/c1-4-5-16(2)15-24-20-11-9-19(10-12-20)17(3)14-22-21(23)13-8-18-6-7-18/h9-12,16-18H,4-8,13-15H2,1-3H3,(H,22,23)/t16?,17-/m0/s1. The third-order valence-electron chi connectivity index (χ3n) is 4.85. The summed E-state index contributed by atoms with van der Waals surface area (Å²) >= 11 is 0. The number of carbonyl (C=O) groups is 1. The van der Waals surface area contributed by atoms with E-state index in [1.54, 1.807) is 0 Å². The zero-order valence-corrected chi connectivity index (χ0v) is 15.5. The molecule has 0 saturated heterocycles. The molecule has 0 spiro atoms. The van der Waals surface area contributed by atoms with Gasteiger partial charge in [-0.2, -0.15) is 0 Å². The smallest absolute Gasteiger partial charge is 0.220 e. The van der Waals surface area contributed by atoms with E-state index in [-0.39, 0.29) is 5.91 Å². The van der Waals surface area contributed by atoms with Gasteiger partial charge in [0.1, 0.15) is 5.75 Å². The first-order valence-electron chi connectivity index (χ1n) is 9.58. The zero-order valence-electron chi connectivity index (χ0n) is 15.5. The maximum absolute atomic E-state index is 11.8. The first-order chi connectivity index (χ1) is 11.6. The maximum atomic E-state index is 11.8. The first-order valence-corrected chi connectivity index (χ1v) is 9.58. The molecular weight excluding hydrogens is 298 g/mol. The van der Waals surface area contributed by atoms with E-state index in [4.69, 9.17) is 4.74 Å². The van der Waals surface area contributed by atoms with Crippen molar-refractivity contribution in [3.05, 3.63) is 29.8 Å². The Morgan fingerprint density at radius 1 is 1.25 bits per heavy atom. The number of benzene rings is 1. The van der Waals surface area contributed by atoms with Gasteiger partial charge in [-0.3, -0.25) is 4.79 Å². The Bertz CT molecular complexity index is 493. The van der Waals surface area contributed by atoms with Crippen LogP contribution in [-0.2, 0) is 4.79 Å². The van der Waals surface area contributed by atoms with Crippen LogP contribution in [0, 0.1) is 11.8 Å². The summed E-state index contributed by atoms with van der Waals surface area (Å²) in [7, 11) is 0. The summed E-state index contributed by atoms with van der Waals surface area (Å²) in [6.07, 6.45) is 6.77. The van der Waals surface area contributed by atoms with E-state index in [2.05, 4.69) is 38.2 Å². The summed E-state index contributed by atoms with van der Waals surface area (Å²) in [5.41, 5.74) is 1.24. The molecule has 1 N–H and O–H groups in total. The van der Waals surface area contributed by atoms with Gasteiger partial charge in [0, 0.05) is 13.0 Å². The van der Waals surface area contributed by atoms with Gasteiger partial charge in [-0.15, -0.1) is 0 Å². The fourth-order valence-electron chi connectivity index (χ4n) is 2.92. The van der Waals surface area contributed by atoms with Crippen LogP contribution < -0.4 is 10.1 Å². The monoisotopic (exact) mass is 331 g/mol. The van der Waals surface area contributed by atoms with Crippen LogP contribution in [-0.4, -0.2) is 19.1 Å². The molecule has 1 aromatic rings. The number of rotatable bonds is 11. The Labute approximate surface area is 147 Å². The van der Waals surface area contributed by atoms with E-state index in [0.29, 0.717) is 24.8 Å². The molecule has 1 aliphatic carbocycles. The lowest BCUT2D eigenvalue weighted by Gasteiger charge is -2.15. The summed E-state index contributed by atoms with van der Waals surface area (Å²) in [6.45, 7) is 8.07. The highest BCUT2D eigenvalue weighted by Crippen LogP contribution is 2.33. The largest absolute Gasteiger partial charge is 0.493 e. The van der Waals surface area contributed by atoms with Crippen LogP contribution >= 0.6 is 0 Å². The van der Waals surface area contributed by atoms with Gasteiger partial charge in [0.15, 0.2) is 0 Å². The van der Waals surface area contributed by atoms with Crippen molar-refractivity contribution in [1.29, 1.82) is 0 Å². The number of hydrogen-bond acceptors (Lipinski definition) is 2. The van der Waals surface area contributed by atoms with Crippen molar-refractivity contribution in [2.45, 2.75) is 65.2 Å². The first kappa shape index (κ1) is 18.8. The molecule has 134 valence electrons. The number of hydrogen-bond donors (Lipinski definition) is 1. The van der Waals surface area contributed by atoms with Gasteiger partial charge in [0.05, 0.1) is 6.61 Å². The topological polar surface area (TPSA) is 38.3 Å². The summed E-state index contributed by atoms with van der Waals surface area (Å²) in [4.78, 5) is 11.8. The minimum atomic E-state index is 0.193. The second kappa shape index (κ2) is 9.71. The Morgan fingerprint density at radius 3 is 2.58 bits per heavy atom. The van der Waals surface area contributed by atoms with Gasteiger partial charge in [0.2, 0.25) is 5.91 Å². The molecule has 3 nitrogen and oxygen atoms in total. The van der Waals surface area contributed by atoms with Crippen LogP contribution in [0.25, 0.3) is 0 Å². The van der Waals surface area contributed by atoms with Gasteiger partial charge >= 0.3 is 0 Å². The lowest BCUT2D eigenvalue weighted by molar-refractivity contribution is -0.121. The molecule has 0 aliphatic heterocycles. The molecule has 2 atom stereocenters. The predicted octanol–water partition coefficient (Wildman–Crippen LogP) is 4.91. The fraction of sp³-hybridized carbons (Fsp3) is 0.667. The average molecular weight is 332 g/mol. The van der Waals surface area contributed by atoms with Gasteiger partial charge < -0.3 is 10.1 Å². The number of carbonyl (C=O) groups excluding carboxylic acids is 1. The van der Waals surface area contributed by atoms with Crippen LogP contribution in [0.3, 0.4) is 0 Å². The highest BCUT2D eigenvalue weighted by Gasteiger charge is 2.21. The Hall–Kier alpha value is -1.51. The molecular formula is C21H33NO2. The molecule has 0 bridgehead atoms. The third kappa shape index (κ3) is 6.94. The van der Waals surface area contributed by atoms with E-state index < -0.39 is 0 Å². The summed E-state index contributed by atoms with van der Waals surface area (Å²) < 4.78 is 5.84. The van der Waals surface area contributed by atoms with Gasteiger partial charge in [-0.05, 0) is 48.3 Å². The molecule has 1 fully saturated rings. The molecule has 3 heteroatoms. The van der Waals surface area contributed by atoms with E-state index in [1.807, 2.05) is 12.1 Å². The van der Waals surface area contributed by atoms with Crippen LogP contribution in [0.2, 0.25) is 0 Å². The SMILES string of the molecule is CCCC(C)COc1ccc([C@@H](C)CNC(=O)CCC2CC2)cc1. The van der Waals surface area contributed by atoms with Crippen LogP contribution in [0.5, 0.6) is 5.75 Å². The van der Waals surface area contributed by atoms with Crippen LogP contribution in [0.4, 0.5) is 0 Å². The number of ether oxygens (including phenoxy) is 1. The molecule has 1 saturated carbocycles. The molecule has 1 aromatic carbocycles. The molecule has 1 unspecified atom stereocenters. The Morgan fingerprint density at radius 2 is 1.96 bits per heavy atom. The molecule has 2 rings (SSSR count). The lowest BCUT2D eigenvalue weighted by Crippen LogP contribution is -2.27. The van der Waals surface area contributed by atoms with E-state index in [0.717, 1.165) is 24.7 Å². The molecule has 1 amide bonds. The minimum absolute atomic E-state index is 0.193. The highest BCUT2D eigenvalue weighted by atomic mass is 16.5. The van der Waals surface area contributed by atoms with E-state index >= 15 is 0 Å². The highest BCUT2D eigenvalue weighted by molar-refractivity contribution is 5.75. The lowest BCUT2D eigenvalue weighted by atomic mass is 10.0. The predicted molar refractivity (Wildman–Crippen MR) is 99.4 cm³/mol. The second-order valence-corrected chi connectivity index (χ2v) is 7.46. The fourth-order valence-corrected chi connectivity index (χ4v) is 2.92. The molecule has 0 aromatic heterocycles. The van der Waals surface area contributed by atoms with Crippen molar-refractivity contribution >= 4 is 5.91 Å². The van der Waals surface area contributed by atoms with Crippen molar-refractivity contribution < 1.29 is 9.53 Å². The van der Waals surface area contributed by atoms with Crippen molar-refractivity contribution in [1.82, 2.24) is 5.32 Å².